The van der Waals surface area contributed by atoms with E-state index < -0.39 is 0 Å². The van der Waals surface area contributed by atoms with Crippen molar-refractivity contribution in [3.8, 4) is 17.3 Å². The molecule has 0 radical (unpaired) electrons. The SMILES string of the molecule is N#Cc1sc(Cl)nc1-c1ccccc1. The molecule has 0 aliphatic rings. The highest BCUT2D eigenvalue weighted by Crippen LogP contribution is 2.29. The van der Waals surface area contributed by atoms with Crippen molar-refractivity contribution >= 4 is 22.9 Å². The van der Waals surface area contributed by atoms with Crippen LogP contribution < -0.4 is 0 Å². The van der Waals surface area contributed by atoms with Gasteiger partial charge in [0.1, 0.15) is 16.6 Å². The lowest BCUT2D eigenvalue weighted by Gasteiger charge is -1.94. The van der Waals surface area contributed by atoms with E-state index >= 15 is 0 Å². The fourth-order valence-electron chi connectivity index (χ4n) is 1.16. The van der Waals surface area contributed by atoms with Gasteiger partial charge in [0, 0.05) is 5.56 Å². The van der Waals surface area contributed by atoms with Crippen LogP contribution in [0, 0.1) is 11.3 Å². The van der Waals surface area contributed by atoms with Crippen molar-refractivity contribution in [2.45, 2.75) is 0 Å². The molecule has 2 aromatic rings. The molecule has 0 saturated carbocycles. The van der Waals surface area contributed by atoms with E-state index in [0.29, 0.717) is 15.0 Å². The Morgan fingerprint density at radius 1 is 1.29 bits per heavy atom. The van der Waals surface area contributed by atoms with Crippen LogP contribution in [0.5, 0.6) is 0 Å². The highest BCUT2D eigenvalue weighted by molar-refractivity contribution is 7.16. The summed E-state index contributed by atoms with van der Waals surface area (Å²) in [6.07, 6.45) is 0. The monoisotopic (exact) mass is 220 g/mol. The Balaban J connectivity index is 2.58. The van der Waals surface area contributed by atoms with Gasteiger partial charge < -0.3 is 0 Å². The Morgan fingerprint density at radius 3 is 2.64 bits per heavy atom. The number of thiazole rings is 1. The molecule has 4 heteroatoms. The molecule has 68 valence electrons. The van der Waals surface area contributed by atoms with Gasteiger partial charge in [0.15, 0.2) is 4.47 Å². The van der Waals surface area contributed by atoms with Crippen LogP contribution in [0.3, 0.4) is 0 Å². The molecule has 0 amide bonds. The van der Waals surface area contributed by atoms with Gasteiger partial charge in [-0.25, -0.2) is 4.98 Å². The fourth-order valence-corrected chi connectivity index (χ4v) is 2.09. The molecule has 2 nitrogen and oxygen atoms in total. The van der Waals surface area contributed by atoms with Crippen LogP contribution in [0.2, 0.25) is 4.47 Å². The van der Waals surface area contributed by atoms with E-state index in [0.717, 1.165) is 5.56 Å². The molecule has 0 aliphatic carbocycles. The predicted octanol–water partition coefficient (Wildman–Crippen LogP) is 3.34. The number of rotatable bonds is 1. The van der Waals surface area contributed by atoms with E-state index in [1.54, 1.807) is 0 Å². The highest BCUT2D eigenvalue weighted by atomic mass is 35.5. The quantitative estimate of drug-likeness (QED) is 0.739. The van der Waals surface area contributed by atoms with Gasteiger partial charge in [-0.15, -0.1) is 0 Å². The molecular formula is C10H5ClN2S. The Bertz CT molecular complexity index is 485. The zero-order valence-corrected chi connectivity index (χ0v) is 8.64. The molecule has 14 heavy (non-hydrogen) atoms. The molecule has 0 atom stereocenters. The van der Waals surface area contributed by atoms with E-state index in [9.17, 15) is 0 Å². The Kier molecular flexibility index (Phi) is 2.49. The van der Waals surface area contributed by atoms with Crippen molar-refractivity contribution in [3.05, 3.63) is 39.7 Å². The van der Waals surface area contributed by atoms with Crippen LogP contribution in [0.1, 0.15) is 4.88 Å². The minimum atomic E-state index is 0.403. The molecule has 0 aliphatic heterocycles. The minimum Gasteiger partial charge on any atom is -0.223 e. The molecule has 0 saturated heterocycles. The second kappa shape index (κ2) is 3.79. The molecule has 1 aromatic heterocycles. The lowest BCUT2D eigenvalue weighted by atomic mass is 10.1. The molecule has 0 fully saturated rings. The van der Waals surface area contributed by atoms with Gasteiger partial charge in [-0.05, 0) is 0 Å². The van der Waals surface area contributed by atoms with Crippen LogP contribution in [0.25, 0.3) is 11.3 Å². The van der Waals surface area contributed by atoms with Gasteiger partial charge in [0.25, 0.3) is 0 Å². The maximum Gasteiger partial charge on any atom is 0.185 e. The molecule has 0 bridgehead atoms. The van der Waals surface area contributed by atoms with E-state index in [-0.39, 0.29) is 0 Å². The summed E-state index contributed by atoms with van der Waals surface area (Å²) >= 11 is 6.95. The maximum atomic E-state index is 8.85. The van der Waals surface area contributed by atoms with Crippen LogP contribution in [0.4, 0.5) is 0 Å². The molecule has 0 unspecified atom stereocenters. The standard InChI is InChI=1S/C10H5ClN2S/c11-10-13-9(8(6-12)14-10)7-4-2-1-3-5-7/h1-5H. The summed E-state index contributed by atoms with van der Waals surface area (Å²) in [4.78, 5) is 4.67. The lowest BCUT2D eigenvalue weighted by Crippen LogP contribution is -1.79. The Morgan fingerprint density at radius 2 is 2.00 bits per heavy atom. The number of benzene rings is 1. The maximum absolute atomic E-state index is 8.85. The van der Waals surface area contributed by atoms with Gasteiger partial charge >= 0.3 is 0 Å². The zero-order valence-electron chi connectivity index (χ0n) is 7.07. The number of hydrogen-bond donors (Lipinski definition) is 0. The first kappa shape index (κ1) is 9.20. The van der Waals surface area contributed by atoms with Gasteiger partial charge in [-0.1, -0.05) is 53.3 Å². The van der Waals surface area contributed by atoms with Crippen molar-refractivity contribution in [1.82, 2.24) is 4.98 Å². The lowest BCUT2D eigenvalue weighted by molar-refractivity contribution is 1.39. The third kappa shape index (κ3) is 1.63. The minimum absolute atomic E-state index is 0.403. The van der Waals surface area contributed by atoms with Crippen molar-refractivity contribution in [3.63, 3.8) is 0 Å². The number of nitriles is 1. The molecule has 0 spiro atoms. The zero-order chi connectivity index (χ0) is 9.97. The van der Waals surface area contributed by atoms with Gasteiger partial charge in [0.2, 0.25) is 0 Å². The van der Waals surface area contributed by atoms with E-state index in [2.05, 4.69) is 11.1 Å². The molecule has 2 rings (SSSR count). The summed E-state index contributed by atoms with van der Waals surface area (Å²) in [6, 6.07) is 11.6. The summed E-state index contributed by atoms with van der Waals surface area (Å²) < 4.78 is 0.403. The third-order valence-corrected chi connectivity index (χ3v) is 2.81. The van der Waals surface area contributed by atoms with Crippen molar-refractivity contribution < 1.29 is 0 Å². The number of hydrogen-bond acceptors (Lipinski definition) is 3. The first-order valence-corrected chi connectivity index (χ1v) is 5.12. The van der Waals surface area contributed by atoms with Crippen LogP contribution in [-0.2, 0) is 0 Å². The summed E-state index contributed by atoms with van der Waals surface area (Å²) in [5.41, 5.74) is 1.59. The first-order chi connectivity index (χ1) is 6.81. The molecular weight excluding hydrogens is 216 g/mol. The first-order valence-electron chi connectivity index (χ1n) is 3.93. The fraction of sp³-hybridized carbons (Fsp3) is 0. The summed E-state index contributed by atoms with van der Waals surface area (Å²) in [5.74, 6) is 0. The molecule has 1 heterocycles. The summed E-state index contributed by atoms with van der Waals surface area (Å²) in [6.45, 7) is 0. The van der Waals surface area contributed by atoms with Crippen LogP contribution in [0.15, 0.2) is 30.3 Å². The number of aromatic nitrogens is 1. The Hall–Kier alpha value is -1.37. The normalized spacial score (nSPS) is 9.71. The van der Waals surface area contributed by atoms with Crippen LogP contribution in [-0.4, -0.2) is 4.98 Å². The molecule has 1 aromatic carbocycles. The second-order valence-electron chi connectivity index (χ2n) is 2.62. The van der Waals surface area contributed by atoms with Crippen molar-refractivity contribution in [1.29, 1.82) is 5.26 Å². The average Bonchev–Trinajstić information content (AvgIpc) is 2.61. The Labute approximate surface area is 90.4 Å². The third-order valence-electron chi connectivity index (χ3n) is 1.75. The van der Waals surface area contributed by atoms with E-state index in [1.165, 1.54) is 11.3 Å². The number of nitrogens with zero attached hydrogens (tertiary/aromatic N) is 2. The highest BCUT2D eigenvalue weighted by Gasteiger charge is 2.10. The second-order valence-corrected chi connectivity index (χ2v) is 4.20. The van der Waals surface area contributed by atoms with E-state index in [4.69, 9.17) is 16.9 Å². The van der Waals surface area contributed by atoms with Gasteiger partial charge in [-0.2, -0.15) is 5.26 Å². The topological polar surface area (TPSA) is 36.7 Å². The van der Waals surface area contributed by atoms with Gasteiger partial charge in [0.05, 0.1) is 0 Å². The molecule has 0 N–H and O–H groups in total. The van der Waals surface area contributed by atoms with Crippen molar-refractivity contribution in [2.24, 2.45) is 0 Å². The predicted molar refractivity (Wildman–Crippen MR) is 57.3 cm³/mol. The number of halogens is 1. The average molecular weight is 221 g/mol. The summed E-state index contributed by atoms with van der Waals surface area (Å²) in [7, 11) is 0. The van der Waals surface area contributed by atoms with Crippen LogP contribution >= 0.6 is 22.9 Å². The van der Waals surface area contributed by atoms with Crippen molar-refractivity contribution in [2.75, 3.05) is 0 Å². The van der Waals surface area contributed by atoms with E-state index in [1.807, 2.05) is 30.3 Å². The van der Waals surface area contributed by atoms with Gasteiger partial charge in [-0.3, -0.25) is 0 Å². The largest absolute Gasteiger partial charge is 0.223 e. The smallest absolute Gasteiger partial charge is 0.185 e. The summed E-state index contributed by atoms with van der Waals surface area (Å²) in [5, 5.41) is 8.85.